The van der Waals surface area contributed by atoms with Crippen LogP contribution in [-0.4, -0.2) is 26.5 Å². The van der Waals surface area contributed by atoms with E-state index in [1.54, 1.807) is 18.7 Å². The fourth-order valence-corrected chi connectivity index (χ4v) is 3.05. The van der Waals surface area contributed by atoms with Crippen LogP contribution in [0.1, 0.15) is 30.7 Å². The molecule has 1 saturated heterocycles. The van der Waals surface area contributed by atoms with Crippen molar-refractivity contribution >= 4 is 34.6 Å². The standard InChI is InChI=1S/C17H19N5O4/c1-10-17(11(2)20(3)19-10)18-13-8-7-12(9-14(13)22(25)26)21-15(23)5-4-6-16(21)24/h7-9,18H,4-6H2,1-3H3. The van der Waals surface area contributed by atoms with E-state index in [4.69, 9.17) is 0 Å². The summed E-state index contributed by atoms with van der Waals surface area (Å²) < 4.78 is 1.68. The molecular formula is C17H19N5O4. The summed E-state index contributed by atoms with van der Waals surface area (Å²) in [6.45, 7) is 3.66. The van der Waals surface area contributed by atoms with E-state index >= 15 is 0 Å². The summed E-state index contributed by atoms with van der Waals surface area (Å²) in [7, 11) is 1.79. The summed E-state index contributed by atoms with van der Waals surface area (Å²) in [5, 5.41) is 18.9. The first-order valence-corrected chi connectivity index (χ1v) is 8.21. The molecular weight excluding hydrogens is 338 g/mol. The van der Waals surface area contributed by atoms with E-state index in [1.165, 1.54) is 18.2 Å². The average Bonchev–Trinajstić information content (AvgIpc) is 2.81. The minimum absolute atomic E-state index is 0.212. The Morgan fingerprint density at radius 3 is 2.38 bits per heavy atom. The van der Waals surface area contributed by atoms with Gasteiger partial charge in [0.15, 0.2) is 0 Å². The van der Waals surface area contributed by atoms with Crippen molar-refractivity contribution in [2.45, 2.75) is 33.1 Å². The number of benzene rings is 1. The molecule has 2 heterocycles. The number of rotatable bonds is 4. The molecule has 2 amide bonds. The van der Waals surface area contributed by atoms with E-state index in [9.17, 15) is 19.7 Å². The van der Waals surface area contributed by atoms with Crippen LogP contribution in [-0.2, 0) is 16.6 Å². The lowest BCUT2D eigenvalue weighted by Crippen LogP contribution is -2.40. The van der Waals surface area contributed by atoms with Gasteiger partial charge in [0.25, 0.3) is 5.69 Å². The van der Waals surface area contributed by atoms with Crippen molar-refractivity contribution in [2.24, 2.45) is 7.05 Å². The van der Waals surface area contributed by atoms with Crippen molar-refractivity contribution in [3.05, 3.63) is 39.7 Å². The Kier molecular flexibility index (Phi) is 4.45. The molecule has 2 aromatic rings. The molecule has 1 N–H and O–H groups in total. The van der Waals surface area contributed by atoms with Gasteiger partial charge in [-0.1, -0.05) is 0 Å². The number of imide groups is 1. The van der Waals surface area contributed by atoms with Crippen molar-refractivity contribution in [1.82, 2.24) is 9.78 Å². The second-order valence-corrected chi connectivity index (χ2v) is 6.23. The third kappa shape index (κ3) is 3.03. The molecule has 1 aliphatic rings. The molecule has 0 bridgehead atoms. The van der Waals surface area contributed by atoms with E-state index in [2.05, 4.69) is 10.4 Å². The number of aromatic nitrogens is 2. The lowest BCUT2D eigenvalue weighted by Gasteiger charge is -2.25. The van der Waals surface area contributed by atoms with Gasteiger partial charge in [0.1, 0.15) is 5.69 Å². The highest BCUT2D eigenvalue weighted by Crippen LogP contribution is 2.34. The van der Waals surface area contributed by atoms with Crippen molar-refractivity contribution in [3.8, 4) is 0 Å². The number of carbonyl (C=O) groups excluding carboxylic acids is 2. The zero-order chi connectivity index (χ0) is 19.0. The fraction of sp³-hybridized carbons (Fsp3) is 0.353. The van der Waals surface area contributed by atoms with Gasteiger partial charge in [-0.15, -0.1) is 0 Å². The SMILES string of the molecule is Cc1nn(C)c(C)c1Nc1ccc(N2C(=O)CCCC2=O)cc1[N+](=O)[O-]. The maximum absolute atomic E-state index is 12.1. The lowest BCUT2D eigenvalue weighted by atomic mass is 10.1. The first-order chi connectivity index (χ1) is 12.3. The molecule has 0 aliphatic carbocycles. The third-order valence-electron chi connectivity index (χ3n) is 4.48. The van der Waals surface area contributed by atoms with Crippen LogP contribution in [0, 0.1) is 24.0 Å². The molecule has 136 valence electrons. The number of aryl methyl sites for hydroxylation is 2. The zero-order valence-corrected chi connectivity index (χ0v) is 14.8. The number of amides is 2. The molecule has 1 fully saturated rings. The number of nitro groups is 1. The number of nitro benzene ring substituents is 1. The van der Waals surface area contributed by atoms with Crippen molar-refractivity contribution in [1.29, 1.82) is 0 Å². The van der Waals surface area contributed by atoms with Crippen LogP contribution in [0.2, 0.25) is 0 Å². The van der Waals surface area contributed by atoms with E-state index in [0.29, 0.717) is 17.8 Å². The monoisotopic (exact) mass is 357 g/mol. The Morgan fingerprint density at radius 1 is 1.19 bits per heavy atom. The van der Waals surface area contributed by atoms with E-state index in [1.807, 2.05) is 6.92 Å². The van der Waals surface area contributed by atoms with Gasteiger partial charge in [-0.2, -0.15) is 5.10 Å². The Bertz CT molecular complexity index is 902. The molecule has 1 aliphatic heterocycles. The van der Waals surface area contributed by atoms with Gasteiger partial charge in [0.2, 0.25) is 11.8 Å². The Morgan fingerprint density at radius 2 is 1.85 bits per heavy atom. The topological polar surface area (TPSA) is 110 Å². The quantitative estimate of drug-likeness (QED) is 0.512. The number of nitrogens with one attached hydrogen (secondary N) is 1. The Hall–Kier alpha value is -3.23. The van der Waals surface area contributed by atoms with Crippen molar-refractivity contribution in [3.63, 3.8) is 0 Å². The summed E-state index contributed by atoms with van der Waals surface area (Å²) in [5.74, 6) is -0.676. The number of hydrogen-bond donors (Lipinski definition) is 1. The smallest absolute Gasteiger partial charge is 0.294 e. The number of hydrogen-bond acceptors (Lipinski definition) is 6. The zero-order valence-electron chi connectivity index (χ0n) is 14.8. The summed E-state index contributed by atoms with van der Waals surface area (Å²) >= 11 is 0. The van der Waals surface area contributed by atoms with Crippen LogP contribution < -0.4 is 10.2 Å². The molecule has 1 aromatic carbocycles. The Labute approximate surface area is 149 Å². The molecule has 26 heavy (non-hydrogen) atoms. The van der Waals surface area contributed by atoms with E-state index < -0.39 is 4.92 Å². The molecule has 0 radical (unpaired) electrons. The van der Waals surface area contributed by atoms with E-state index in [0.717, 1.165) is 10.6 Å². The molecule has 0 unspecified atom stereocenters. The predicted octanol–water partition coefficient (Wildman–Crippen LogP) is 2.73. The van der Waals surface area contributed by atoms with Gasteiger partial charge in [0.05, 0.1) is 27.7 Å². The number of anilines is 3. The fourth-order valence-electron chi connectivity index (χ4n) is 3.05. The second kappa shape index (κ2) is 6.58. The van der Waals surface area contributed by atoms with Crippen molar-refractivity contribution in [2.75, 3.05) is 10.2 Å². The highest BCUT2D eigenvalue weighted by atomic mass is 16.6. The summed E-state index contributed by atoms with van der Waals surface area (Å²) in [4.78, 5) is 36.2. The van der Waals surface area contributed by atoms with Crippen LogP contribution in [0.25, 0.3) is 0 Å². The number of piperidine rings is 1. The second-order valence-electron chi connectivity index (χ2n) is 6.23. The van der Waals surface area contributed by atoms with Gasteiger partial charge in [-0.3, -0.25) is 29.3 Å². The lowest BCUT2D eigenvalue weighted by molar-refractivity contribution is -0.383. The minimum Gasteiger partial charge on any atom is -0.347 e. The van der Waals surface area contributed by atoms with Crippen LogP contribution in [0.15, 0.2) is 18.2 Å². The van der Waals surface area contributed by atoms with Crippen LogP contribution in [0.5, 0.6) is 0 Å². The molecule has 9 heteroatoms. The van der Waals surface area contributed by atoms with Crippen LogP contribution in [0.4, 0.5) is 22.7 Å². The molecule has 0 atom stereocenters. The van der Waals surface area contributed by atoms with Gasteiger partial charge < -0.3 is 5.32 Å². The van der Waals surface area contributed by atoms with Gasteiger partial charge in [0, 0.05) is 26.0 Å². The van der Waals surface area contributed by atoms with Gasteiger partial charge >= 0.3 is 0 Å². The average molecular weight is 357 g/mol. The highest BCUT2D eigenvalue weighted by molar-refractivity contribution is 6.16. The van der Waals surface area contributed by atoms with Gasteiger partial charge in [-0.25, -0.2) is 0 Å². The minimum atomic E-state index is -0.536. The maximum atomic E-state index is 12.1. The summed E-state index contributed by atoms with van der Waals surface area (Å²) in [6, 6.07) is 4.30. The maximum Gasteiger partial charge on any atom is 0.294 e. The molecule has 3 rings (SSSR count). The number of nitrogens with zero attached hydrogens (tertiary/aromatic N) is 4. The molecule has 0 saturated carbocycles. The summed E-state index contributed by atoms with van der Waals surface area (Å²) in [6.07, 6.45) is 1.02. The van der Waals surface area contributed by atoms with Crippen LogP contribution in [0.3, 0.4) is 0 Å². The van der Waals surface area contributed by atoms with E-state index in [-0.39, 0.29) is 41.7 Å². The molecule has 9 nitrogen and oxygen atoms in total. The highest BCUT2D eigenvalue weighted by Gasteiger charge is 2.29. The normalized spacial score (nSPS) is 14.7. The third-order valence-corrected chi connectivity index (χ3v) is 4.48. The predicted molar refractivity (Wildman–Crippen MR) is 95.4 cm³/mol. The number of carbonyl (C=O) groups is 2. The first-order valence-electron chi connectivity index (χ1n) is 8.21. The van der Waals surface area contributed by atoms with Crippen molar-refractivity contribution < 1.29 is 14.5 Å². The van der Waals surface area contributed by atoms with Crippen LogP contribution >= 0.6 is 0 Å². The summed E-state index contributed by atoms with van der Waals surface area (Å²) in [5.41, 5.74) is 2.52. The Balaban J connectivity index is 2.01. The molecule has 0 spiro atoms. The first kappa shape index (κ1) is 17.6. The molecule has 1 aromatic heterocycles. The van der Waals surface area contributed by atoms with Gasteiger partial charge in [-0.05, 0) is 32.4 Å². The largest absolute Gasteiger partial charge is 0.347 e.